The third-order valence-corrected chi connectivity index (χ3v) is 5.83. The van der Waals surface area contributed by atoms with E-state index in [0.717, 1.165) is 32.5 Å². The number of amides is 1. The number of nitrogens with zero attached hydrogens (tertiary/aromatic N) is 3. The summed E-state index contributed by atoms with van der Waals surface area (Å²) in [6.45, 7) is 2.03. The van der Waals surface area contributed by atoms with Crippen LogP contribution in [0, 0.1) is 12.3 Å². The zero-order chi connectivity index (χ0) is 20.0. The summed E-state index contributed by atoms with van der Waals surface area (Å²) in [5.74, 6) is -0.371. The van der Waals surface area contributed by atoms with E-state index in [-0.39, 0.29) is 11.4 Å². The Morgan fingerprint density at radius 2 is 1.76 bits per heavy atom. The number of aryl methyl sites for hydroxylation is 1. The van der Waals surface area contributed by atoms with Crippen LogP contribution in [-0.4, -0.2) is 27.0 Å². The SMILES string of the molecule is Cc1ccc(C2=NN3C(=N)/C(=C/c4cccc5ccccc45)C(=O)N=C3S2)cc1. The zero-order valence-corrected chi connectivity index (χ0v) is 16.4. The first-order chi connectivity index (χ1) is 14.1. The number of thioether (sulfide) groups is 1. The average molecular weight is 396 g/mol. The summed E-state index contributed by atoms with van der Waals surface area (Å²) in [6, 6.07) is 21.9. The van der Waals surface area contributed by atoms with E-state index >= 15 is 0 Å². The van der Waals surface area contributed by atoms with Crippen molar-refractivity contribution in [3.05, 3.63) is 89.0 Å². The highest BCUT2D eigenvalue weighted by Gasteiger charge is 2.36. The molecule has 2 aliphatic rings. The lowest BCUT2D eigenvalue weighted by molar-refractivity contribution is -0.114. The Kier molecular flexibility index (Phi) is 4.14. The summed E-state index contributed by atoms with van der Waals surface area (Å²) in [6.07, 6.45) is 1.73. The Balaban J connectivity index is 1.54. The molecule has 0 saturated heterocycles. The van der Waals surface area contributed by atoms with Crippen LogP contribution in [0.1, 0.15) is 16.7 Å². The molecule has 6 heteroatoms. The van der Waals surface area contributed by atoms with E-state index in [1.165, 1.54) is 16.8 Å². The average Bonchev–Trinajstić information content (AvgIpc) is 3.16. The van der Waals surface area contributed by atoms with Gasteiger partial charge in [0.1, 0.15) is 5.04 Å². The van der Waals surface area contributed by atoms with Crippen LogP contribution in [0.4, 0.5) is 0 Å². The molecule has 1 amide bonds. The molecule has 140 valence electrons. The number of hydrogen-bond acceptors (Lipinski definition) is 4. The molecule has 5 rings (SSSR count). The summed E-state index contributed by atoms with van der Waals surface area (Å²) in [4.78, 5) is 16.9. The van der Waals surface area contributed by atoms with Crippen molar-refractivity contribution in [2.24, 2.45) is 10.1 Å². The fourth-order valence-corrected chi connectivity index (χ4v) is 4.23. The first-order valence-electron chi connectivity index (χ1n) is 9.15. The van der Waals surface area contributed by atoms with Gasteiger partial charge in [0.25, 0.3) is 5.91 Å². The third kappa shape index (κ3) is 3.07. The number of fused-ring (bicyclic) bond motifs is 2. The van der Waals surface area contributed by atoms with Crippen molar-refractivity contribution in [2.45, 2.75) is 6.92 Å². The molecule has 1 N–H and O–H groups in total. The predicted octanol–water partition coefficient (Wildman–Crippen LogP) is 4.82. The second kappa shape index (κ2) is 6.83. The molecule has 0 saturated carbocycles. The van der Waals surface area contributed by atoms with Gasteiger partial charge in [-0.2, -0.15) is 15.1 Å². The number of rotatable bonds is 2. The van der Waals surface area contributed by atoms with Crippen molar-refractivity contribution in [2.75, 3.05) is 0 Å². The molecule has 0 bridgehead atoms. The van der Waals surface area contributed by atoms with Crippen molar-refractivity contribution in [1.82, 2.24) is 5.01 Å². The van der Waals surface area contributed by atoms with E-state index in [1.54, 1.807) is 6.08 Å². The predicted molar refractivity (Wildman–Crippen MR) is 119 cm³/mol. The van der Waals surface area contributed by atoms with Gasteiger partial charge < -0.3 is 0 Å². The fourth-order valence-electron chi connectivity index (χ4n) is 3.34. The van der Waals surface area contributed by atoms with Crippen molar-refractivity contribution in [3.63, 3.8) is 0 Å². The number of nitrogens with one attached hydrogen (secondary N) is 1. The van der Waals surface area contributed by atoms with Gasteiger partial charge in [0.2, 0.25) is 5.17 Å². The summed E-state index contributed by atoms with van der Waals surface area (Å²) < 4.78 is 0. The molecular formula is C23H16N4OS. The first kappa shape index (κ1) is 17.6. The van der Waals surface area contributed by atoms with Crippen LogP contribution in [0.15, 0.2) is 82.4 Å². The molecule has 0 fully saturated rings. The van der Waals surface area contributed by atoms with Gasteiger partial charge >= 0.3 is 0 Å². The Hall–Kier alpha value is -3.51. The van der Waals surface area contributed by atoms with E-state index in [4.69, 9.17) is 5.41 Å². The second-order valence-corrected chi connectivity index (χ2v) is 7.82. The molecule has 3 aromatic carbocycles. The number of aliphatic imine (C=N–C) groups is 1. The largest absolute Gasteiger partial charge is 0.283 e. The Morgan fingerprint density at radius 3 is 2.59 bits per heavy atom. The minimum Gasteiger partial charge on any atom is -0.282 e. The Bertz CT molecular complexity index is 1270. The molecule has 3 aromatic rings. The maximum absolute atomic E-state index is 12.7. The van der Waals surface area contributed by atoms with Crippen LogP contribution < -0.4 is 0 Å². The monoisotopic (exact) mass is 396 g/mol. The summed E-state index contributed by atoms with van der Waals surface area (Å²) in [5, 5.41) is 17.8. The minimum atomic E-state index is -0.415. The molecule has 0 spiro atoms. The number of hydrazone groups is 1. The van der Waals surface area contributed by atoms with Gasteiger partial charge in [-0.05, 0) is 41.1 Å². The highest BCUT2D eigenvalue weighted by Crippen LogP contribution is 2.31. The molecule has 5 nitrogen and oxygen atoms in total. The van der Waals surface area contributed by atoms with Crippen LogP contribution in [0.25, 0.3) is 16.8 Å². The smallest absolute Gasteiger partial charge is 0.282 e. The van der Waals surface area contributed by atoms with Crippen LogP contribution in [0.5, 0.6) is 0 Å². The van der Waals surface area contributed by atoms with E-state index in [0.29, 0.717) is 5.17 Å². The second-order valence-electron chi connectivity index (χ2n) is 6.86. The molecule has 0 radical (unpaired) electrons. The number of amidine groups is 2. The van der Waals surface area contributed by atoms with Crippen LogP contribution in [0.2, 0.25) is 0 Å². The summed E-state index contributed by atoms with van der Waals surface area (Å²) in [7, 11) is 0. The highest BCUT2D eigenvalue weighted by atomic mass is 32.2. The zero-order valence-electron chi connectivity index (χ0n) is 15.6. The first-order valence-corrected chi connectivity index (χ1v) is 9.97. The van der Waals surface area contributed by atoms with Gasteiger partial charge in [-0.3, -0.25) is 10.2 Å². The van der Waals surface area contributed by atoms with E-state index in [9.17, 15) is 4.79 Å². The number of carbonyl (C=O) groups excluding carboxylic acids is 1. The van der Waals surface area contributed by atoms with Gasteiger partial charge in [0.15, 0.2) is 5.84 Å². The number of carbonyl (C=O) groups is 1. The van der Waals surface area contributed by atoms with Gasteiger partial charge in [-0.25, -0.2) is 0 Å². The van der Waals surface area contributed by atoms with Gasteiger partial charge in [-0.1, -0.05) is 72.3 Å². The summed E-state index contributed by atoms with van der Waals surface area (Å²) in [5.41, 5.74) is 3.22. The topological polar surface area (TPSA) is 68.9 Å². The van der Waals surface area contributed by atoms with E-state index in [2.05, 4.69) is 10.1 Å². The van der Waals surface area contributed by atoms with Gasteiger partial charge in [0, 0.05) is 5.56 Å². The summed E-state index contributed by atoms with van der Waals surface area (Å²) >= 11 is 1.31. The van der Waals surface area contributed by atoms with Crippen molar-refractivity contribution in [3.8, 4) is 0 Å². The standard InChI is InChI=1S/C23H16N4OS/c1-14-9-11-16(12-10-14)22-26-27-20(24)19(21(28)25-23(27)29-22)13-17-7-4-6-15-5-2-3-8-18(15)17/h2-13,24H,1H3/b19-13-,24-20?. The van der Waals surface area contributed by atoms with Crippen molar-refractivity contribution >= 4 is 50.6 Å². The van der Waals surface area contributed by atoms with Gasteiger partial charge in [0.05, 0.1) is 5.57 Å². The molecule has 0 atom stereocenters. The minimum absolute atomic E-state index is 0.0440. The lowest BCUT2D eigenvalue weighted by Gasteiger charge is -2.20. The lowest BCUT2D eigenvalue weighted by Crippen LogP contribution is -2.35. The quantitative estimate of drug-likeness (QED) is 0.632. The Labute approximate surface area is 172 Å². The van der Waals surface area contributed by atoms with Crippen LogP contribution in [0.3, 0.4) is 0 Å². The molecule has 0 aliphatic carbocycles. The van der Waals surface area contributed by atoms with Crippen molar-refractivity contribution < 1.29 is 4.79 Å². The number of hydrogen-bond donors (Lipinski definition) is 1. The lowest BCUT2D eigenvalue weighted by atomic mass is 10.0. The molecular weight excluding hydrogens is 380 g/mol. The van der Waals surface area contributed by atoms with Crippen LogP contribution in [-0.2, 0) is 4.79 Å². The van der Waals surface area contributed by atoms with E-state index < -0.39 is 5.91 Å². The molecule has 2 aliphatic heterocycles. The normalized spacial score (nSPS) is 17.6. The van der Waals surface area contributed by atoms with E-state index in [1.807, 2.05) is 73.7 Å². The molecule has 0 aromatic heterocycles. The molecule has 29 heavy (non-hydrogen) atoms. The van der Waals surface area contributed by atoms with Gasteiger partial charge in [-0.15, -0.1) is 0 Å². The molecule has 0 unspecified atom stereocenters. The third-order valence-electron chi connectivity index (χ3n) is 4.88. The number of benzene rings is 3. The maximum Gasteiger partial charge on any atom is 0.283 e. The highest BCUT2D eigenvalue weighted by molar-refractivity contribution is 8.27. The Morgan fingerprint density at radius 1 is 1.00 bits per heavy atom. The van der Waals surface area contributed by atoms with Crippen molar-refractivity contribution in [1.29, 1.82) is 5.41 Å². The molecule has 2 heterocycles. The van der Waals surface area contributed by atoms with Crippen LogP contribution >= 0.6 is 11.8 Å². The fraction of sp³-hybridized carbons (Fsp3) is 0.0435. The maximum atomic E-state index is 12.7.